The van der Waals surface area contributed by atoms with Crippen LogP contribution in [0.4, 0.5) is 5.69 Å². The van der Waals surface area contributed by atoms with E-state index >= 15 is 0 Å². The lowest BCUT2D eigenvalue weighted by molar-refractivity contribution is -0.116. The number of nitrogens with one attached hydrogen (secondary N) is 2. The third kappa shape index (κ3) is 6.17. The van der Waals surface area contributed by atoms with Gasteiger partial charge in [-0.2, -0.15) is 0 Å². The SMILES string of the molecule is COc1cccc(NC(=O)CCc2ccc(S(=O)(=O)NCc3ccccc3)cc2)c1. The first kappa shape index (κ1) is 21.5. The van der Waals surface area contributed by atoms with Crippen molar-refractivity contribution in [3.63, 3.8) is 0 Å². The molecule has 3 rings (SSSR count). The second-order valence-electron chi connectivity index (χ2n) is 6.73. The van der Waals surface area contributed by atoms with Gasteiger partial charge in [-0.15, -0.1) is 0 Å². The second-order valence-corrected chi connectivity index (χ2v) is 8.50. The van der Waals surface area contributed by atoms with E-state index in [0.29, 0.717) is 17.9 Å². The molecule has 6 nitrogen and oxygen atoms in total. The number of methoxy groups -OCH3 is 1. The summed E-state index contributed by atoms with van der Waals surface area (Å²) in [5.41, 5.74) is 2.45. The van der Waals surface area contributed by atoms with E-state index in [1.54, 1.807) is 55.6 Å². The van der Waals surface area contributed by atoms with Crippen molar-refractivity contribution in [2.75, 3.05) is 12.4 Å². The van der Waals surface area contributed by atoms with Gasteiger partial charge in [0.25, 0.3) is 0 Å². The molecule has 0 aliphatic rings. The van der Waals surface area contributed by atoms with Crippen LogP contribution in [-0.4, -0.2) is 21.4 Å². The van der Waals surface area contributed by atoms with Gasteiger partial charge in [-0.1, -0.05) is 48.5 Å². The highest BCUT2D eigenvalue weighted by atomic mass is 32.2. The van der Waals surface area contributed by atoms with Crippen LogP contribution >= 0.6 is 0 Å². The van der Waals surface area contributed by atoms with Gasteiger partial charge in [0, 0.05) is 24.7 Å². The molecule has 0 saturated carbocycles. The summed E-state index contributed by atoms with van der Waals surface area (Å²) in [6, 6.07) is 23.1. The molecule has 0 saturated heterocycles. The summed E-state index contributed by atoms with van der Waals surface area (Å²) >= 11 is 0. The number of hydrogen-bond acceptors (Lipinski definition) is 4. The molecule has 0 atom stereocenters. The van der Waals surface area contributed by atoms with Crippen molar-refractivity contribution >= 4 is 21.6 Å². The van der Waals surface area contributed by atoms with Gasteiger partial charge in [0.2, 0.25) is 15.9 Å². The van der Waals surface area contributed by atoms with Crippen LogP contribution in [0.2, 0.25) is 0 Å². The van der Waals surface area contributed by atoms with Gasteiger partial charge in [0.15, 0.2) is 0 Å². The van der Waals surface area contributed by atoms with E-state index in [9.17, 15) is 13.2 Å². The van der Waals surface area contributed by atoms with Crippen molar-refractivity contribution in [3.05, 3.63) is 90.0 Å². The van der Waals surface area contributed by atoms with Gasteiger partial charge in [-0.05, 0) is 41.8 Å². The zero-order valence-corrected chi connectivity index (χ0v) is 17.5. The molecule has 2 N–H and O–H groups in total. The van der Waals surface area contributed by atoms with Crippen molar-refractivity contribution in [3.8, 4) is 5.75 Å². The van der Waals surface area contributed by atoms with Gasteiger partial charge in [0.05, 0.1) is 12.0 Å². The standard InChI is InChI=1S/C23H24N2O4S/c1-29-21-9-5-8-20(16-21)25-23(26)15-12-18-10-13-22(14-11-18)30(27,28)24-17-19-6-3-2-4-7-19/h2-11,13-14,16,24H,12,15,17H2,1H3,(H,25,26). The second kappa shape index (κ2) is 10.0. The number of benzene rings is 3. The van der Waals surface area contributed by atoms with Crippen molar-refractivity contribution in [1.82, 2.24) is 4.72 Å². The third-order valence-corrected chi connectivity index (χ3v) is 5.95. The lowest BCUT2D eigenvalue weighted by atomic mass is 10.1. The fourth-order valence-corrected chi connectivity index (χ4v) is 3.89. The lowest BCUT2D eigenvalue weighted by Crippen LogP contribution is -2.23. The van der Waals surface area contributed by atoms with E-state index in [0.717, 1.165) is 11.1 Å². The molecule has 0 bridgehead atoms. The summed E-state index contributed by atoms with van der Waals surface area (Å²) in [7, 11) is -2.02. The topological polar surface area (TPSA) is 84.5 Å². The molecule has 7 heteroatoms. The van der Waals surface area contributed by atoms with Gasteiger partial charge in [0.1, 0.15) is 5.75 Å². The van der Waals surface area contributed by atoms with Gasteiger partial charge in [-0.25, -0.2) is 13.1 Å². The number of amides is 1. The minimum atomic E-state index is -3.59. The molecular formula is C23H24N2O4S. The van der Waals surface area contributed by atoms with E-state index in [2.05, 4.69) is 10.0 Å². The Bertz CT molecular complexity index is 1080. The fourth-order valence-electron chi connectivity index (χ4n) is 2.87. The van der Waals surface area contributed by atoms with Crippen LogP contribution in [0.3, 0.4) is 0 Å². The molecule has 3 aromatic carbocycles. The number of rotatable bonds is 9. The van der Waals surface area contributed by atoms with Crippen LogP contribution in [0, 0.1) is 0 Å². The number of anilines is 1. The highest BCUT2D eigenvalue weighted by Gasteiger charge is 2.13. The van der Waals surface area contributed by atoms with Gasteiger partial charge in [-0.3, -0.25) is 4.79 Å². The minimum Gasteiger partial charge on any atom is -0.497 e. The molecule has 0 radical (unpaired) electrons. The quantitative estimate of drug-likeness (QED) is 0.548. The average Bonchev–Trinajstić information content (AvgIpc) is 2.77. The van der Waals surface area contributed by atoms with Crippen molar-refractivity contribution in [2.45, 2.75) is 24.3 Å². The Hall–Kier alpha value is -3.16. The van der Waals surface area contributed by atoms with Crippen LogP contribution < -0.4 is 14.8 Å². The lowest BCUT2D eigenvalue weighted by Gasteiger charge is -2.09. The molecule has 0 heterocycles. The number of aryl methyl sites for hydroxylation is 1. The first-order valence-electron chi connectivity index (χ1n) is 9.53. The van der Waals surface area contributed by atoms with E-state index in [1.165, 1.54) is 0 Å². The largest absolute Gasteiger partial charge is 0.497 e. The number of carbonyl (C=O) groups is 1. The highest BCUT2D eigenvalue weighted by molar-refractivity contribution is 7.89. The van der Waals surface area contributed by atoms with Crippen LogP contribution in [0.5, 0.6) is 5.75 Å². The predicted octanol–water partition coefficient (Wildman–Crippen LogP) is 3.75. The molecule has 0 spiro atoms. The molecule has 1 amide bonds. The van der Waals surface area contributed by atoms with Crippen molar-refractivity contribution in [1.29, 1.82) is 0 Å². The minimum absolute atomic E-state index is 0.121. The van der Waals surface area contributed by atoms with E-state index in [-0.39, 0.29) is 23.8 Å². The number of sulfonamides is 1. The normalized spacial score (nSPS) is 11.1. The van der Waals surface area contributed by atoms with Crippen molar-refractivity contribution in [2.24, 2.45) is 0 Å². The number of carbonyl (C=O) groups excluding carboxylic acids is 1. The molecule has 3 aromatic rings. The molecule has 0 unspecified atom stereocenters. The number of hydrogen-bond donors (Lipinski definition) is 2. The van der Waals surface area contributed by atoms with E-state index in [4.69, 9.17) is 4.74 Å². The van der Waals surface area contributed by atoms with Crippen molar-refractivity contribution < 1.29 is 17.9 Å². The van der Waals surface area contributed by atoms with Gasteiger partial charge >= 0.3 is 0 Å². The summed E-state index contributed by atoms with van der Waals surface area (Å²) in [5, 5.41) is 2.83. The van der Waals surface area contributed by atoms with Crippen LogP contribution in [0.15, 0.2) is 83.8 Å². The Morgan fingerprint density at radius 1 is 0.900 bits per heavy atom. The zero-order valence-electron chi connectivity index (χ0n) is 16.7. The Kier molecular flexibility index (Phi) is 7.21. The molecular weight excluding hydrogens is 400 g/mol. The maximum Gasteiger partial charge on any atom is 0.240 e. The molecule has 0 aliphatic carbocycles. The first-order chi connectivity index (χ1) is 14.5. The summed E-state index contributed by atoms with van der Waals surface area (Å²) in [5.74, 6) is 0.551. The van der Waals surface area contributed by atoms with Crippen LogP contribution in [0.25, 0.3) is 0 Å². The highest BCUT2D eigenvalue weighted by Crippen LogP contribution is 2.17. The summed E-state index contributed by atoms with van der Waals surface area (Å²) < 4.78 is 32.6. The zero-order chi connectivity index (χ0) is 21.4. The fraction of sp³-hybridized carbons (Fsp3) is 0.174. The third-order valence-electron chi connectivity index (χ3n) is 4.54. The Labute approximate surface area is 177 Å². The predicted molar refractivity (Wildman–Crippen MR) is 117 cm³/mol. The monoisotopic (exact) mass is 424 g/mol. The van der Waals surface area contributed by atoms with E-state index in [1.807, 2.05) is 30.3 Å². The van der Waals surface area contributed by atoms with E-state index < -0.39 is 10.0 Å². The Morgan fingerprint density at radius 3 is 2.33 bits per heavy atom. The summed E-state index contributed by atoms with van der Waals surface area (Å²) in [6.45, 7) is 0.232. The summed E-state index contributed by atoms with van der Waals surface area (Å²) in [4.78, 5) is 12.4. The Balaban J connectivity index is 1.52. The molecule has 0 aromatic heterocycles. The summed E-state index contributed by atoms with van der Waals surface area (Å²) in [6.07, 6.45) is 0.795. The molecule has 30 heavy (non-hydrogen) atoms. The average molecular weight is 425 g/mol. The van der Waals surface area contributed by atoms with Crippen LogP contribution in [0.1, 0.15) is 17.5 Å². The van der Waals surface area contributed by atoms with Crippen LogP contribution in [-0.2, 0) is 27.8 Å². The smallest absolute Gasteiger partial charge is 0.240 e. The molecule has 0 aliphatic heterocycles. The Morgan fingerprint density at radius 2 is 1.63 bits per heavy atom. The molecule has 0 fully saturated rings. The first-order valence-corrected chi connectivity index (χ1v) is 11.0. The number of ether oxygens (including phenoxy) is 1. The maximum atomic E-state index is 12.5. The molecule has 156 valence electrons. The van der Waals surface area contributed by atoms with Gasteiger partial charge < -0.3 is 10.1 Å². The maximum absolute atomic E-state index is 12.5.